The summed E-state index contributed by atoms with van der Waals surface area (Å²) < 4.78 is 4.31. The molecule has 0 N–H and O–H groups in total. The summed E-state index contributed by atoms with van der Waals surface area (Å²) in [6, 6.07) is 0. The fraction of sp³-hybridized carbons (Fsp3) is 0.333. The first-order chi connectivity index (χ1) is 1.91. The van der Waals surface area contributed by atoms with E-state index in [1.54, 1.807) is 7.11 Å². The molecule has 0 unspecified atom stereocenters. The van der Waals surface area contributed by atoms with Crippen LogP contribution in [0.5, 0.6) is 0 Å². The van der Waals surface area contributed by atoms with Crippen LogP contribution in [0, 0.1) is 0 Å². The van der Waals surface area contributed by atoms with E-state index in [0.717, 1.165) is 0 Å². The van der Waals surface area contributed by atoms with Crippen molar-refractivity contribution in [2.24, 2.45) is 0 Å². The van der Waals surface area contributed by atoms with E-state index in [0.29, 0.717) is 0 Å². The molecule has 0 aromatic heterocycles. The third-order valence-electron chi connectivity index (χ3n) is 0.167. The molecule has 34 valence electrons. The molecular weight excluding hydrogens is 116 g/mol. The Bertz CT molecular complexity index is 20.9. The van der Waals surface area contributed by atoms with Gasteiger partial charge in [-0.15, -0.1) is 0 Å². The van der Waals surface area contributed by atoms with Crippen LogP contribution in [0.2, 0.25) is 0 Å². The minimum Gasteiger partial charge on any atom is -0.505 e. The fourth-order valence-electron chi connectivity index (χ4n) is 0. The van der Waals surface area contributed by atoms with Crippen LogP contribution in [0.4, 0.5) is 0 Å². The van der Waals surface area contributed by atoms with E-state index < -0.39 is 0 Å². The maximum absolute atomic E-state index is 4.31. The fourth-order valence-corrected chi connectivity index (χ4v) is 0. The Balaban J connectivity index is 0. The molecular formula is C3H6CuO+. The van der Waals surface area contributed by atoms with Gasteiger partial charge in [0.1, 0.15) is 0 Å². The van der Waals surface area contributed by atoms with Crippen LogP contribution in [-0.4, -0.2) is 7.11 Å². The summed E-state index contributed by atoms with van der Waals surface area (Å²) in [5.41, 5.74) is 0. The van der Waals surface area contributed by atoms with Gasteiger partial charge in [0, 0.05) is 0 Å². The van der Waals surface area contributed by atoms with Crippen LogP contribution in [0.3, 0.4) is 0 Å². The SMILES string of the molecule is C=COC.[Cu+]. The Morgan fingerprint density at radius 3 is 2.00 bits per heavy atom. The van der Waals surface area contributed by atoms with Crippen LogP contribution >= 0.6 is 0 Å². The number of rotatable bonds is 1. The van der Waals surface area contributed by atoms with Crippen molar-refractivity contribution in [2.45, 2.75) is 0 Å². The van der Waals surface area contributed by atoms with Gasteiger partial charge < -0.3 is 4.74 Å². The van der Waals surface area contributed by atoms with Gasteiger partial charge in [0.2, 0.25) is 0 Å². The molecule has 0 fully saturated rings. The van der Waals surface area contributed by atoms with Gasteiger partial charge in [-0.3, -0.25) is 0 Å². The van der Waals surface area contributed by atoms with Crippen LogP contribution < -0.4 is 0 Å². The molecule has 0 saturated heterocycles. The molecule has 0 aliphatic carbocycles. The summed E-state index contributed by atoms with van der Waals surface area (Å²) in [7, 11) is 1.56. The van der Waals surface area contributed by atoms with Gasteiger partial charge in [-0.1, -0.05) is 6.58 Å². The first-order valence-corrected chi connectivity index (χ1v) is 1.05. The molecule has 2 heteroatoms. The average molecular weight is 122 g/mol. The van der Waals surface area contributed by atoms with E-state index in [1.165, 1.54) is 6.26 Å². The average Bonchev–Trinajstić information content (AvgIpc) is 1.37. The molecule has 0 aromatic rings. The van der Waals surface area contributed by atoms with Crippen LogP contribution in [0.1, 0.15) is 0 Å². The molecule has 0 saturated carbocycles. The van der Waals surface area contributed by atoms with E-state index in [-0.39, 0.29) is 17.1 Å². The van der Waals surface area contributed by atoms with Crippen molar-refractivity contribution in [1.82, 2.24) is 0 Å². The maximum atomic E-state index is 4.31. The van der Waals surface area contributed by atoms with Gasteiger partial charge in [0.15, 0.2) is 0 Å². The molecule has 0 radical (unpaired) electrons. The second-order valence-electron chi connectivity index (χ2n) is 0.402. The zero-order chi connectivity index (χ0) is 3.41. The van der Waals surface area contributed by atoms with Crippen molar-refractivity contribution in [3.63, 3.8) is 0 Å². The minimum atomic E-state index is 0. The summed E-state index contributed by atoms with van der Waals surface area (Å²) in [5, 5.41) is 0. The second kappa shape index (κ2) is 8.96. The van der Waals surface area contributed by atoms with Gasteiger partial charge in [-0.05, 0) is 0 Å². The van der Waals surface area contributed by atoms with Crippen molar-refractivity contribution in [3.8, 4) is 0 Å². The molecule has 0 aromatic carbocycles. The van der Waals surface area contributed by atoms with Crippen molar-refractivity contribution in [3.05, 3.63) is 12.8 Å². The molecule has 0 heterocycles. The van der Waals surface area contributed by atoms with Gasteiger partial charge in [-0.2, -0.15) is 0 Å². The summed E-state index contributed by atoms with van der Waals surface area (Å²) in [5.74, 6) is 0. The quantitative estimate of drug-likeness (QED) is 0.368. The van der Waals surface area contributed by atoms with E-state index in [9.17, 15) is 0 Å². The minimum absolute atomic E-state index is 0. The molecule has 5 heavy (non-hydrogen) atoms. The zero-order valence-electron chi connectivity index (χ0n) is 2.99. The summed E-state index contributed by atoms with van der Waals surface area (Å²) in [4.78, 5) is 0. The van der Waals surface area contributed by atoms with E-state index >= 15 is 0 Å². The van der Waals surface area contributed by atoms with Crippen molar-refractivity contribution in [1.29, 1.82) is 0 Å². The van der Waals surface area contributed by atoms with Gasteiger partial charge >= 0.3 is 17.1 Å². The number of hydrogen-bond acceptors (Lipinski definition) is 1. The Morgan fingerprint density at radius 1 is 1.80 bits per heavy atom. The number of methoxy groups -OCH3 is 1. The van der Waals surface area contributed by atoms with Crippen molar-refractivity contribution >= 4 is 0 Å². The van der Waals surface area contributed by atoms with E-state index in [2.05, 4.69) is 11.3 Å². The zero-order valence-corrected chi connectivity index (χ0v) is 3.94. The largest absolute Gasteiger partial charge is 1.00 e. The smallest absolute Gasteiger partial charge is 0.505 e. The standard InChI is InChI=1S/C3H6O.Cu/c1-3-4-2;/h3H,1H2,2H3;/q;+1. The Kier molecular flexibility index (Phi) is 16.0. The third-order valence-corrected chi connectivity index (χ3v) is 0.167. The predicted octanol–water partition coefficient (Wildman–Crippen LogP) is 0.774. The van der Waals surface area contributed by atoms with Crippen LogP contribution in [0.25, 0.3) is 0 Å². The third kappa shape index (κ3) is 15.3. The second-order valence-corrected chi connectivity index (χ2v) is 0.402. The first kappa shape index (κ1) is 8.91. The summed E-state index contributed by atoms with van der Waals surface area (Å²) in [6.45, 7) is 3.26. The monoisotopic (exact) mass is 121 g/mol. The van der Waals surface area contributed by atoms with Gasteiger partial charge in [0.25, 0.3) is 0 Å². The normalized spacial score (nSPS) is 4.20. The van der Waals surface area contributed by atoms with Crippen LogP contribution in [-0.2, 0) is 21.8 Å². The first-order valence-electron chi connectivity index (χ1n) is 1.05. The van der Waals surface area contributed by atoms with Crippen molar-refractivity contribution < 1.29 is 21.8 Å². The Morgan fingerprint density at radius 2 is 2.00 bits per heavy atom. The molecule has 0 amide bonds. The van der Waals surface area contributed by atoms with Gasteiger partial charge in [-0.25, -0.2) is 0 Å². The number of hydrogen-bond donors (Lipinski definition) is 0. The molecule has 0 rings (SSSR count). The van der Waals surface area contributed by atoms with Crippen molar-refractivity contribution in [2.75, 3.05) is 7.11 Å². The molecule has 0 aliphatic heterocycles. The van der Waals surface area contributed by atoms with E-state index in [4.69, 9.17) is 0 Å². The molecule has 0 atom stereocenters. The Labute approximate surface area is 42.5 Å². The summed E-state index contributed by atoms with van der Waals surface area (Å²) >= 11 is 0. The molecule has 0 bridgehead atoms. The predicted molar refractivity (Wildman–Crippen MR) is 17.2 cm³/mol. The van der Waals surface area contributed by atoms with Gasteiger partial charge in [0.05, 0.1) is 13.4 Å². The topological polar surface area (TPSA) is 9.23 Å². The molecule has 1 nitrogen and oxygen atoms in total. The molecule has 0 spiro atoms. The van der Waals surface area contributed by atoms with Crippen LogP contribution in [0.15, 0.2) is 12.8 Å². The maximum Gasteiger partial charge on any atom is 1.00 e. The number of ether oxygens (including phenoxy) is 1. The summed E-state index contributed by atoms with van der Waals surface area (Å²) in [6.07, 6.45) is 1.38. The Hall–Kier alpha value is 0.0595. The van der Waals surface area contributed by atoms with E-state index in [1.807, 2.05) is 0 Å². The molecule has 0 aliphatic rings.